The Morgan fingerprint density at radius 1 is 1.53 bits per heavy atom. The molecule has 0 saturated carbocycles. The average molecular weight is 287 g/mol. The Morgan fingerprint density at radius 3 is 2.79 bits per heavy atom. The van der Waals surface area contributed by atoms with Gasteiger partial charge in [0.05, 0.1) is 30.3 Å². The van der Waals surface area contributed by atoms with Crippen molar-refractivity contribution in [1.29, 1.82) is 0 Å². The van der Waals surface area contributed by atoms with Gasteiger partial charge < -0.3 is 15.8 Å². The summed E-state index contributed by atoms with van der Waals surface area (Å²) in [6.07, 6.45) is 3.03. The van der Waals surface area contributed by atoms with Crippen LogP contribution in [0.3, 0.4) is 0 Å². The van der Waals surface area contributed by atoms with Crippen LogP contribution in [0.15, 0.2) is 12.3 Å². The molecule has 0 aliphatic carbocycles. The maximum absolute atomic E-state index is 11.5. The molecule has 0 bridgehead atoms. The summed E-state index contributed by atoms with van der Waals surface area (Å²) in [6.45, 7) is 0.405. The minimum Gasteiger partial charge on any atom is -0.465 e. The number of sulfone groups is 1. The molecule has 1 rings (SSSR count). The maximum Gasteiger partial charge on any atom is 0.340 e. The topological polar surface area (TPSA) is 111 Å². The van der Waals surface area contributed by atoms with E-state index >= 15 is 0 Å². The summed E-state index contributed by atoms with van der Waals surface area (Å²) in [5.74, 6) is -0.238. The predicted molar refractivity (Wildman–Crippen MR) is 72.8 cm³/mol. The van der Waals surface area contributed by atoms with Crippen LogP contribution in [0.5, 0.6) is 0 Å². The summed E-state index contributed by atoms with van der Waals surface area (Å²) < 4.78 is 26.6. The summed E-state index contributed by atoms with van der Waals surface area (Å²) in [5.41, 5.74) is 6.25. The number of carbonyl (C=O) groups excluding carboxylic acids is 1. The van der Waals surface area contributed by atoms with Gasteiger partial charge in [0.15, 0.2) is 0 Å². The molecule has 106 valence electrons. The van der Waals surface area contributed by atoms with E-state index in [1.165, 1.54) is 25.6 Å². The van der Waals surface area contributed by atoms with E-state index in [1.54, 1.807) is 0 Å². The highest BCUT2D eigenvalue weighted by molar-refractivity contribution is 7.90. The molecule has 0 fully saturated rings. The van der Waals surface area contributed by atoms with Gasteiger partial charge in [0.2, 0.25) is 0 Å². The van der Waals surface area contributed by atoms with Crippen molar-refractivity contribution in [1.82, 2.24) is 4.98 Å². The monoisotopic (exact) mass is 287 g/mol. The molecule has 1 heterocycles. The lowest BCUT2D eigenvalue weighted by Gasteiger charge is -2.10. The Morgan fingerprint density at radius 2 is 2.21 bits per heavy atom. The molecule has 0 aliphatic heterocycles. The van der Waals surface area contributed by atoms with Crippen molar-refractivity contribution in [2.75, 3.05) is 36.7 Å². The van der Waals surface area contributed by atoms with E-state index in [9.17, 15) is 13.2 Å². The van der Waals surface area contributed by atoms with Crippen LogP contribution in [-0.4, -0.2) is 45.0 Å². The molecule has 3 N–H and O–H groups in total. The van der Waals surface area contributed by atoms with Gasteiger partial charge in [-0.25, -0.2) is 18.2 Å². The number of hydrogen-bond acceptors (Lipinski definition) is 7. The molecule has 0 unspecified atom stereocenters. The molecule has 0 radical (unpaired) electrons. The Kier molecular flexibility index (Phi) is 5.11. The Labute approximate surface area is 112 Å². The number of nitrogens with two attached hydrogens (primary N) is 1. The number of pyridine rings is 1. The third-order valence-electron chi connectivity index (χ3n) is 2.34. The normalized spacial score (nSPS) is 11.1. The molecule has 0 atom stereocenters. The zero-order chi connectivity index (χ0) is 14.5. The van der Waals surface area contributed by atoms with Crippen molar-refractivity contribution in [2.24, 2.45) is 0 Å². The molecule has 7 nitrogen and oxygen atoms in total. The molecule has 1 aromatic heterocycles. The van der Waals surface area contributed by atoms with Gasteiger partial charge in [-0.05, 0) is 12.5 Å². The van der Waals surface area contributed by atoms with Crippen molar-refractivity contribution in [3.05, 3.63) is 17.8 Å². The number of anilines is 2. The van der Waals surface area contributed by atoms with Crippen LogP contribution in [0, 0.1) is 0 Å². The van der Waals surface area contributed by atoms with Gasteiger partial charge in [-0.2, -0.15) is 0 Å². The van der Waals surface area contributed by atoms with E-state index in [0.29, 0.717) is 18.7 Å². The second kappa shape index (κ2) is 6.37. The highest BCUT2D eigenvalue weighted by Gasteiger charge is 2.13. The van der Waals surface area contributed by atoms with Gasteiger partial charge >= 0.3 is 5.97 Å². The largest absolute Gasteiger partial charge is 0.465 e. The molecule has 0 aliphatic rings. The van der Waals surface area contributed by atoms with Gasteiger partial charge in [0.25, 0.3) is 0 Å². The predicted octanol–water partition coefficient (Wildman–Crippen LogP) is 0.297. The van der Waals surface area contributed by atoms with E-state index < -0.39 is 15.8 Å². The van der Waals surface area contributed by atoms with Crippen LogP contribution in [0.25, 0.3) is 0 Å². The van der Waals surface area contributed by atoms with Gasteiger partial charge in [-0.15, -0.1) is 0 Å². The van der Waals surface area contributed by atoms with Crippen molar-refractivity contribution in [2.45, 2.75) is 6.42 Å². The van der Waals surface area contributed by atoms with Crippen LogP contribution in [-0.2, 0) is 14.6 Å². The summed E-state index contributed by atoms with van der Waals surface area (Å²) in [6, 6.07) is 1.41. The van der Waals surface area contributed by atoms with E-state index in [1.807, 2.05) is 0 Å². The number of nitrogen functional groups attached to an aromatic ring is 1. The number of hydrogen-bond donors (Lipinski definition) is 2. The Hall–Kier alpha value is -1.83. The fraction of sp³-hybridized carbons (Fsp3) is 0.455. The number of nitrogens with zero attached hydrogens (tertiary/aromatic N) is 1. The van der Waals surface area contributed by atoms with Gasteiger partial charge in [-0.1, -0.05) is 0 Å². The smallest absolute Gasteiger partial charge is 0.340 e. The number of nitrogens with one attached hydrogen (secondary N) is 1. The first-order chi connectivity index (χ1) is 8.83. The summed E-state index contributed by atoms with van der Waals surface area (Å²) in [4.78, 5) is 15.4. The Balaban J connectivity index is 2.70. The Bertz CT molecular complexity index is 557. The number of methoxy groups -OCH3 is 1. The first kappa shape index (κ1) is 15.2. The minimum absolute atomic E-state index is 0.0793. The zero-order valence-corrected chi connectivity index (χ0v) is 11.7. The molecule has 1 aromatic rings. The zero-order valence-electron chi connectivity index (χ0n) is 10.8. The minimum atomic E-state index is -2.98. The van der Waals surface area contributed by atoms with Gasteiger partial charge in [0, 0.05) is 12.8 Å². The molecule has 0 amide bonds. The number of esters is 1. The highest BCUT2D eigenvalue weighted by atomic mass is 32.2. The third-order valence-corrected chi connectivity index (χ3v) is 3.37. The molecule has 0 saturated heterocycles. The summed E-state index contributed by atoms with van der Waals surface area (Å²) in [7, 11) is -1.71. The van der Waals surface area contributed by atoms with Crippen molar-refractivity contribution in [3.8, 4) is 0 Å². The maximum atomic E-state index is 11.5. The van der Waals surface area contributed by atoms with Gasteiger partial charge in [-0.3, -0.25) is 0 Å². The molecular weight excluding hydrogens is 270 g/mol. The second-order valence-corrected chi connectivity index (χ2v) is 6.32. The quantitative estimate of drug-likeness (QED) is 0.571. The molecule has 8 heteroatoms. The first-order valence-electron chi connectivity index (χ1n) is 5.59. The van der Waals surface area contributed by atoms with E-state index in [-0.39, 0.29) is 17.1 Å². The SMILES string of the molecule is COC(=O)c1cc(N)ncc1NCCCS(C)(=O)=O. The summed E-state index contributed by atoms with van der Waals surface area (Å²) in [5, 5.41) is 2.94. The average Bonchev–Trinajstić information content (AvgIpc) is 2.33. The fourth-order valence-corrected chi connectivity index (χ4v) is 2.12. The third kappa shape index (κ3) is 5.12. The van der Waals surface area contributed by atoms with Crippen molar-refractivity contribution in [3.63, 3.8) is 0 Å². The lowest BCUT2D eigenvalue weighted by atomic mass is 10.2. The van der Waals surface area contributed by atoms with Crippen LogP contribution >= 0.6 is 0 Å². The fourth-order valence-electron chi connectivity index (χ4n) is 1.45. The van der Waals surface area contributed by atoms with E-state index in [2.05, 4.69) is 15.0 Å². The van der Waals surface area contributed by atoms with Crippen LogP contribution in [0.2, 0.25) is 0 Å². The first-order valence-corrected chi connectivity index (χ1v) is 7.65. The van der Waals surface area contributed by atoms with E-state index in [0.717, 1.165) is 0 Å². The number of ether oxygens (including phenoxy) is 1. The van der Waals surface area contributed by atoms with Crippen molar-refractivity contribution >= 4 is 27.3 Å². The molecule has 19 heavy (non-hydrogen) atoms. The van der Waals surface area contributed by atoms with Gasteiger partial charge in [0.1, 0.15) is 15.7 Å². The van der Waals surface area contributed by atoms with Crippen LogP contribution in [0.4, 0.5) is 11.5 Å². The lowest BCUT2D eigenvalue weighted by Crippen LogP contribution is -2.13. The number of aromatic nitrogens is 1. The van der Waals surface area contributed by atoms with Crippen LogP contribution < -0.4 is 11.1 Å². The summed E-state index contributed by atoms with van der Waals surface area (Å²) >= 11 is 0. The van der Waals surface area contributed by atoms with Crippen molar-refractivity contribution < 1.29 is 17.9 Å². The highest BCUT2D eigenvalue weighted by Crippen LogP contribution is 2.17. The standard InChI is InChI=1S/C11H17N3O4S/c1-18-11(15)8-6-10(12)14-7-9(8)13-4-3-5-19(2,16)17/h6-7,13H,3-5H2,1-2H3,(H2,12,14). The number of rotatable bonds is 6. The van der Waals surface area contributed by atoms with E-state index in [4.69, 9.17) is 5.73 Å². The molecular formula is C11H17N3O4S. The molecule has 0 aromatic carbocycles. The second-order valence-electron chi connectivity index (χ2n) is 4.06. The lowest BCUT2D eigenvalue weighted by molar-refractivity contribution is 0.0601. The molecule has 0 spiro atoms. The number of carbonyl (C=O) groups is 1. The van der Waals surface area contributed by atoms with Crippen LogP contribution in [0.1, 0.15) is 16.8 Å².